The number of hydrogen-bond donors (Lipinski definition) is 3. The van der Waals surface area contributed by atoms with Gasteiger partial charge in [-0.25, -0.2) is 9.59 Å². The van der Waals surface area contributed by atoms with Crippen LogP contribution in [0.3, 0.4) is 0 Å². The summed E-state index contributed by atoms with van der Waals surface area (Å²) in [5.41, 5.74) is 0.811. The summed E-state index contributed by atoms with van der Waals surface area (Å²) >= 11 is 0. The zero-order chi connectivity index (χ0) is 17.4. The third-order valence-corrected chi connectivity index (χ3v) is 3.26. The molecule has 0 unspecified atom stereocenters. The van der Waals surface area contributed by atoms with Gasteiger partial charge in [0.05, 0.1) is 12.1 Å². The van der Waals surface area contributed by atoms with Crippen molar-refractivity contribution >= 4 is 17.8 Å². The predicted octanol–water partition coefficient (Wildman–Crippen LogP) is 1.34. The third kappa shape index (κ3) is 6.48. The topological polar surface area (TPSA) is 113 Å². The first kappa shape index (κ1) is 18.6. The molecular weight excluding hydrogens is 302 g/mol. The fourth-order valence-electron chi connectivity index (χ4n) is 2.01. The maximum atomic E-state index is 11.8. The van der Waals surface area contributed by atoms with E-state index >= 15 is 0 Å². The lowest BCUT2D eigenvalue weighted by Crippen LogP contribution is -2.48. The molecule has 2 atom stereocenters. The molecule has 0 heterocycles. The minimum atomic E-state index is -1.61. The molecule has 0 aliphatic rings. The minimum Gasteiger partial charge on any atom is -0.475 e. The van der Waals surface area contributed by atoms with Crippen molar-refractivity contribution < 1.29 is 29.3 Å². The number of amides is 1. The summed E-state index contributed by atoms with van der Waals surface area (Å²) in [5.74, 6) is -2.93. The van der Waals surface area contributed by atoms with Gasteiger partial charge in [0.25, 0.3) is 0 Å². The Morgan fingerprint density at radius 1 is 1.17 bits per heavy atom. The van der Waals surface area contributed by atoms with Crippen molar-refractivity contribution in [2.45, 2.75) is 39.0 Å². The summed E-state index contributed by atoms with van der Waals surface area (Å²) in [6.45, 7) is 3.54. The second kappa shape index (κ2) is 8.89. The van der Waals surface area contributed by atoms with Gasteiger partial charge in [-0.15, -0.1) is 0 Å². The molecule has 3 N–H and O–H groups in total. The van der Waals surface area contributed by atoms with Gasteiger partial charge in [-0.3, -0.25) is 4.79 Å². The molecule has 0 saturated heterocycles. The smallest absolute Gasteiger partial charge is 0.407 e. The molecule has 1 rings (SSSR count). The van der Waals surface area contributed by atoms with Crippen LogP contribution in [0.4, 0.5) is 4.79 Å². The van der Waals surface area contributed by atoms with E-state index in [0.29, 0.717) is 0 Å². The van der Waals surface area contributed by atoms with E-state index < -0.39 is 36.4 Å². The summed E-state index contributed by atoms with van der Waals surface area (Å²) in [7, 11) is 0. The van der Waals surface area contributed by atoms with Gasteiger partial charge in [-0.05, 0) is 11.5 Å². The van der Waals surface area contributed by atoms with E-state index in [1.165, 1.54) is 0 Å². The molecule has 0 bridgehead atoms. The van der Waals surface area contributed by atoms with Gasteiger partial charge in [0.15, 0.2) is 0 Å². The maximum Gasteiger partial charge on any atom is 0.407 e. The molecule has 7 heteroatoms. The van der Waals surface area contributed by atoms with Gasteiger partial charge >= 0.3 is 12.1 Å². The van der Waals surface area contributed by atoms with Crippen LogP contribution in [0.2, 0.25) is 0 Å². The molecule has 0 saturated carbocycles. The van der Waals surface area contributed by atoms with Gasteiger partial charge in [-0.2, -0.15) is 0 Å². The Kier molecular flexibility index (Phi) is 7.21. The van der Waals surface area contributed by atoms with Crippen LogP contribution in [0, 0.1) is 5.92 Å². The Morgan fingerprint density at radius 3 is 2.30 bits per heavy atom. The number of carbonyl (C=O) groups excluding carboxylic acids is 2. The number of rotatable bonds is 8. The fraction of sp³-hybridized carbons (Fsp3) is 0.438. The number of benzene rings is 1. The summed E-state index contributed by atoms with van der Waals surface area (Å²) in [5, 5.41) is 21.0. The average molecular weight is 323 g/mol. The second-order valence-corrected chi connectivity index (χ2v) is 5.48. The molecule has 1 aromatic rings. The highest BCUT2D eigenvalue weighted by molar-refractivity contribution is 6.32. The van der Waals surface area contributed by atoms with Crippen LogP contribution in [0.25, 0.3) is 0 Å². The van der Waals surface area contributed by atoms with Crippen LogP contribution in [0.5, 0.6) is 0 Å². The average Bonchev–Trinajstić information content (AvgIpc) is 2.51. The van der Waals surface area contributed by atoms with Crippen molar-refractivity contribution in [3.63, 3.8) is 0 Å². The van der Waals surface area contributed by atoms with Gasteiger partial charge in [-0.1, -0.05) is 44.2 Å². The molecule has 1 aromatic carbocycles. The summed E-state index contributed by atoms with van der Waals surface area (Å²) in [4.78, 5) is 33.5. The monoisotopic (exact) mass is 323 g/mol. The quantitative estimate of drug-likeness (QED) is 0.622. The first-order valence-electron chi connectivity index (χ1n) is 7.22. The molecule has 0 radical (unpaired) electrons. The van der Waals surface area contributed by atoms with E-state index in [1.54, 1.807) is 26.0 Å². The highest BCUT2D eigenvalue weighted by Gasteiger charge is 2.28. The Morgan fingerprint density at radius 2 is 1.78 bits per heavy atom. The molecule has 126 valence electrons. The van der Waals surface area contributed by atoms with Crippen molar-refractivity contribution in [2.24, 2.45) is 5.92 Å². The van der Waals surface area contributed by atoms with E-state index in [1.807, 2.05) is 18.2 Å². The third-order valence-electron chi connectivity index (χ3n) is 3.26. The van der Waals surface area contributed by atoms with E-state index in [-0.39, 0.29) is 12.5 Å². The SMILES string of the molecule is CC(C)[C@H](NC(=O)OCc1ccccc1)[C@H](O)CC(=O)C(=O)O. The Bertz CT molecular complexity index is 543. The molecule has 0 fully saturated rings. The van der Waals surface area contributed by atoms with E-state index in [2.05, 4.69) is 5.32 Å². The Labute approximate surface area is 134 Å². The zero-order valence-electron chi connectivity index (χ0n) is 13.1. The number of carboxylic acid groups (broad SMARTS) is 1. The number of ether oxygens (including phenoxy) is 1. The molecule has 23 heavy (non-hydrogen) atoms. The van der Waals surface area contributed by atoms with Crippen molar-refractivity contribution in [3.8, 4) is 0 Å². The number of hydrogen-bond acceptors (Lipinski definition) is 5. The standard InChI is InChI=1S/C16H21NO6/c1-10(2)14(12(18)8-13(19)15(20)21)17-16(22)23-9-11-6-4-3-5-7-11/h3-7,10,12,14,18H,8-9H2,1-2H3,(H,17,22)(H,20,21)/t12-,14+/m1/s1. The minimum absolute atomic E-state index is 0.0711. The summed E-state index contributed by atoms with van der Waals surface area (Å²) in [6.07, 6.45) is -2.62. The molecular formula is C16H21NO6. The number of aliphatic carboxylic acids is 1. The summed E-state index contributed by atoms with van der Waals surface area (Å²) in [6, 6.07) is 8.28. The number of aliphatic hydroxyl groups is 1. The fourth-order valence-corrected chi connectivity index (χ4v) is 2.01. The van der Waals surface area contributed by atoms with Crippen LogP contribution in [0.15, 0.2) is 30.3 Å². The molecule has 0 aliphatic carbocycles. The first-order chi connectivity index (χ1) is 10.8. The second-order valence-electron chi connectivity index (χ2n) is 5.48. The lowest BCUT2D eigenvalue weighted by Gasteiger charge is -2.26. The molecule has 1 amide bonds. The van der Waals surface area contributed by atoms with Gasteiger partial charge in [0.2, 0.25) is 5.78 Å². The first-order valence-corrected chi connectivity index (χ1v) is 7.22. The largest absolute Gasteiger partial charge is 0.475 e. The van der Waals surface area contributed by atoms with Crippen LogP contribution in [-0.4, -0.2) is 40.2 Å². The van der Waals surface area contributed by atoms with Crippen molar-refractivity contribution in [2.75, 3.05) is 0 Å². The lowest BCUT2D eigenvalue weighted by atomic mass is 9.95. The Balaban J connectivity index is 2.55. The zero-order valence-corrected chi connectivity index (χ0v) is 13.1. The van der Waals surface area contributed by atoms with E-state index in [4.69, 9.17) is 9.84 Å². The predicted molar refractivity (Wildman–Crippen MR) is 81.7 cm³/mol. The number of aliphatic hydroxyl groups excluding tert-OH is 1. The maximum absolute atomic E-state index is 11.8. The Hall–Kier alpha value is -2.41. The highest BCUT2D eigenvalue weighted by Crippen LogP contribution is 2.11. The number of carbonyl (C=O) groups is 3. The van der Waals surface area contributed by atoms with Crippen molar-refractivity contribution in [1.29, 1.82) is 0 Å². The molecule has 0 aromatic heterocycles. The number of ketones is 1. The van der Waals surface area contributed by atoms with Crippen molar-refractivity contribution in [1.82, 2.24) is 5.32 Å². The number of carboxylic acids is 1. The highest BCUT2D eigenvalue weighted by atomic mass is 16.5. The van der Waals surface area contributed by atoms with Gasteiger partial charge in [0, 0.05) is 6.42 Å². The number of Topliss-reactive ketones (excluding diaryl/α,β-unsaturated/α-hetero) is 1. The molecule has 7 nitrogen and oxygen atoms in total. The lowest BCUT2D eigenvalue weighted by molar-refractivity contribution is -0.150. The normalized spacial score (nSPS) is 13.2. The molecule has 0 spiro atoms. The van der Waals surface area contributed by atoms with Crippen LogP contribution in [0.1, 0.15) is 25.8 Å². The summed E-state index contributed by atoms with van der Waals surface area (Å²) < 4.78 is 5.05. The van der Waals surface area contributed by atoms with Gasteiger partial charge < -0.3 is 20.3 Å². The van der Waals surface area contributed by atoms with Crippen molar-refractivity contribution in [3.05, 3.63) is 35.9 Å². The van der Waals surface area contributed by atoms with E-state index in [9.17, 15) is 19.5 Å². The number of alkyl carbamates (subject to hydrolysis) is 1. The number of nitrogens with one attached hydrogen (secondary N) is 1. The molecule has 0 aliphatic heterocycles. The van der Waals surface area contributed by atoms with Crippen LogP contribution < -0.4 is 5.32 Å². The van der Waals surface area contributed by atoms with Crippen LogP contribution >= 0.6 is 0 Å². The van der Waals surface area contributed by atoms with Gasteiger partial charge in [0.1, 0.15) is 6.61 Å². The van der Waals surface area contributed by atoms with E-state index in [0.717, 1.165) is 5.56 Å². The van der Waals surface area contributed by atoms with Crippen LogP contribution in [-0.2, 0) is 20.9 Å².